The van der Waals surface area contributed by atoms with Gasteiger partial charge in [-0.3, -0.25) is 4.79 Å². The molecule has 0 aliphatic carbocycles. The first-order valence-corrected chi connectivity index (χ1v) is 5.74. The van der Waals surface area contributed by atoms with Crippen LogP contribution in [0.2, 0.25) is 0 Å². The van der Waals surface area contributed by atoms with Crippen molar-refractivity contribution in [2.24, 2.45) is 0 Å². The third kappa shape index (κ3) is 3.94. The molecule has 0 saturated carbocycles. The van der Waals surface area contributed by atoms with Gasteiger partial charge >= 0.3 is 0 Å². The van der Waals surface area contributed by atoms with Crippen LogP contribution in [-0.4, -0.2) is 31.0 Å². The van der Waals surface area contributed by atoms with E-state index in [0.29, 0.717) is 18.8 Å². The van der Waals surface area contributed by atoms with Crippen molar-refractivity contribution in [2.45, 2.75) is 20.3 Å². The molecule has 0 saturated heterocycles. The predicted octanol–water partition coefficient (Wildman–Crippen LogP) is 0.935. The molecule has 1 rings (SSSR count). The number of aryl methyl sites for hydroxylation is 1. The van der Waals surface area contributed by atoms with Crippen molar-refractivity contribution in [3.63, 3.8) is 0 Å². The maximum Gasteiger partial charge on any atom is 0.239 e. The number of nitrogens with two attached hydrogens (primary N) is 1. The number of carbonyl (C=O) groups excluding carboxylic acids is 1. The minimum absolute atomic E-state index is 0.00683. The summed E-state index contributed by atoms with van der Waals surface area (Å²) >= 11 is 0. The van der Waals surface area contributed by atoms with Crippen molar-refractivity contribution in [1.82, 2.24) is 10.3 Å². The molecule has 0 fully saturated rings. The van der Waals surface area contributed by atoms with E-state index in [4.69, 9.17) is 5.73 Å². The van der Waals surface area contributed by atoms with E-state index in [1.165, 1.54) is 0 Å². The summed E-state index contributed by atoms with van der Waals surface area (Å²) in [5, 5.41) is 2.83. The second-order valence-electron chi connectivity index (χ2n) is 4.12. The minimum atomic E-state index is 0.00683. The molecule has 5 nitrogen and oxygen atoms in total. The number of nitrogens with zero attached hydrogens (tertiary/aromatic N) is 2. The smallest absolute Gasteiger partial charge is 0.239 e. The van der Waals surface area contributed by atoms with Gasteiger partial charge in [0.25, 0.3) is 0 Å². The van der Waals surface area contributed by atoms with Crippen LogP contribution in [0.4, 0.5) is 11.5 Å². The zero-order valence-corrected chi connectivity index (χ0v) is 10.7. The van der Waals surface area contributed by atoms with E-state index in [1.54, 1.807) is 6.20 Å². The molecule has 5 heteroatoms. The Morgan fingerprint density at radius 2 is 2.29 bits per heavy atom. The first kappa shape index (κ1) is 13.3. The average Bonchev–Trinajstić information content (AvgIpc) is 2.26. The lowest BCUT2D eigenvalue weighted by molar-refractivity contribution is -0.119. The van der Waals surface area contributed by atoms with Crippen LogP contribution >= 0.6 is 0 Å². The number of hydrogen-bond acceptors (Lipinski definition) is 4. The Morgan fingerprint density at radius 1 is 1.59 bits per heavy atom. The van der Waals surface area contributed by atoms with Crippen LogP contribution < -0.4 is 16.0 Å². The highest BCUT2D eigenvalue weighted by Gasteiger charge is 2.10. The normalized spacial score (nSPS) is 10.1. The van der Waals surface area contributed by atoms with Crippen LogP contribution in [0.5, 0.6) is 0 Å². The molecular formula is C12H20N4O. The van der Waals surface area contributed by atoms with Crippen LogP contribution in [0.25, 0.3) is 0 Å². The van der Waals surface area contributed by atoms with E-state index in [1.807, 2.05) is 31.9 Å². The van der Waals surface area contributed by atoms with Crippen LogP contribution in [0, 0.1) is 6.92 Å². The van der Waals surface area contributed by atoms with Gasteiger partial charge in [0.05, 0.1) is 18.4 Å². The molecule has 94 valence electrons. The molecule has 0 radical (unpaired) electrons. The number of likely N-dealkylation sites (N-methyl/N-ethyl adjacent to an activating group) is 1. The van der Waals surface area contributed by atoms with Crippen molar-refractivity contribution in [2.75, 3.05) is 30.8 Å². The summed E-state index contributed by atoms with van der Waals surface area (Å²) in [6.45, 7) is 4.97. The summed E-state index contributed by atoms with van der Waals surface area (Å²) in [6.07, 6.45) is 2.54. The molecule has 0 aromatic carbocycles. The van der Waals surface area contributed by atoms with Crippen LogP contribution in [-0.2, 0) is 4.79 Å². The Morgan fingerprint density at radius 3 is 2.88 bits per heavy atom. The second kappa shape index (κ2) is 6.08. The van der Waals surface area contributed by atoms with Gasteiger partial charge in [-0.15, -0.1) is 0 Å². The molecule has 0 bridgehead atoms. The molecule has 1 amide bonds. The first-order chi connectivity index (χ1) is 8.04. The van der Waals surface area contributed by atoms with Crippen LogP contribution in [0.15, 0.2) is 12.3 Å². The summed E-state index contributed by atoms with van der Waals surface area (Å²) in [5.74, 6) is 0.790. The lowest BCUT2D eigenvalue weighted by atomic mass is 10.2. The molecular weight excluding hydrogens is 216 g/mol. The highest BCUT2D eigenvalue weighted by Crippen LogP contribution is 2.17. The summed E-state index contributed by atoms with van der Waals surface area (Å²) in [5.41, 5.74) is 7.24. The quantitative estimate of drug-likeness (QED) is 0.798. The van der Waals surface area contributed by atoms with Gasteiger partial charge in [-0.05, 0) is 25.0 Å². The molecule has 0 aliphatic rings. The van der Waals surface area contributed by atoms with Gasteiger partial charge in [0.1, 0.15) is 5.82 Å². The molecule has 3 N–H and O–H groups in total. The van der Waals surface area contributed by atoms with Crippen molar-refractivity contribution in [3.8, 4) is 0 Å². The molecule has 1 heterocycles. The van der Waals surface area contributed by atoms with Crippen molar-refractivity contribution >= 4 is 17.4 Å². The van der Waals surface area contributed by atoms with Gasteiger partial charge in [0, 0.05) is 13.6 Å². The highest BCUT2D eigenvalue weighted by molar-refractivity contribution is 5.81. The zero-order chi connectivity index (χ0) is 12.8. The fourth-order valence-corrected chi connectivity index (χ4v) is 1.60. The number of hydrogen-bond donors (Lipinski definition) is 2. The summed E-state index contributed by atoms with van der Waals surface area (Å²) in [6, 6.07) is 1.85. The minimum Gasteiger partial charge on any atom is -0.397 e. The number of anilines is 2. The summed E-state index contributed by atoms with van der Waals surface area (Å²) in [4.78, 5) is 17.6. The summed E-state index contributed by atoms with van der Waals surface area (Å²) in [7, 11) is 1.84. The van der Waals surface area contributed by atoms with E-state index in [9.17, 15) is 4.79 Å². The molecule has 17 heavy (non-hydrogen) atoms. The number of nitrogens with one attached hydrogen (secondary N) is 1. The lowest BCUT2D eigenvalue weighted by Crippen LogP contribution is -2.36. The predicted molar refractivity (Wildman–Crippen MR) is 70.0 cm³/mol. The Labute approximate surface area is 102 Å². The summed E-state index contributed by atoms with van der Waals surface area (Å²) < 4.78 is 0. The number of carbonyl (C=O) groups is 1. The Balaban J connectivity index is 2.63. The molecule has 0 unspecified atom stereocenters. The van der Waals surface area contributed by atoms with Gasteiger partial charge < -0.3 is 16.0 Å². The van der Waals surface area contributed by atoms with Gasteiger partial charge in [-0.2, -0.15) is 0 Å². The van der Waals surface area contributed by atoms with Gasteiger partial charge in [-0.1, -0.05) is 6.92 Å². The number of rotatable bonds is 5. The maximum absolute atomic E-state index is 11.6. The SMILES string of the molecule is CCCNC(=O)CN(C)c1ncc(N)cc1C. The Bertz CT molecular complexity index is 392. The molecule has 0 aliphatic heterocycles. The van der Waals surface area contributed by atoms with Gasteiger partial charge in [-0.25, -0.2) is 4.98 Å². The molecule has 1 aromatic rings. The van der Waals surface area contributed by atoms with Crippen molar-refractivity contribution < 1.29 is 4.79 Å². The second-order valence-corrected chi connectivity index (χ2v) is 4.12. The third-order valence-electron chi connectivity index (χ3n) is 2.39. The lowest BCUT2D eigenvalue weighted by Gasteiger charge is -2.19. The zero-order valence-electron chi connectivity index (χ0n) is 10.7. The van der Waals surface area contributed by atoms with Crippen molar-refractivity contribution in [3.05, 3.63) is 17.8 Å². The topological polar surface area (TPSA) is 71.2 Å². The molecule has 0 atom stereocenters. The number of amides is 1. The van der Waals surface area contributed by atoms with E-state index < -0.39 is 0 Å². The van der Waals surface area contributed by atoms with E-state index in [-0.39, 0.29) is 5.91 Å². The largest absolute Gasteiger partial charge is 0.397 e. The van der Waals surface area contributed by atoms with Crippen LogP contribution in [0.1, 0.15) is 18.9 Å². The standard InChI is InChI=1S/C12H20N4O/c1-4-5-14-11(17)8-16(3)12-9(2)6-10(13)7-15-12/h6-7H,4-5,8,13H2,1-3H3,(H,14,17). The Kier molecular flexibility index (Phi) is 4.75. The molecule has 0 spiro atoms. The van der Waals surface area contributed by atoms with E-state index in [0.717, 1.165) is 17.8 Å². The van der Waals surface area contributed by atoms with E-state index in [2.05, 4.69) is 10.3 Å². The average molecular weight is 236 g/mol. The fourth-order valence-electron chi connectivity index (χ4n) is 1.60. The Hall–Kier alpha value is -1.78. The monoisotopic (exact) mass is 236 g/mol. The first-order valence-electron chi connectivity index (χ1n) is 5.74. The third-order valence-corrected chi connectivity index (χ3v) is 2.39. The number of nitrogen functional groups attached to an aromatic ring is 1. The fraction of sp³-hybridized carbons (Fsp3) is 0.500. The highest BCUT2D eigenvalue weighted by atomic mass is 16.2. The van der Waals surface area contributed by atoms with Crippen LogP contribution in [0.3, 0.4) is 0 Å². The van der Waals surface area contributed by atoms with E-state index >= 15 is 0 Å². The number of aromatic nitrogens is 1. The maximum atomic E-state index is 11.6. The van der Waals surface area contributed by atoms with Gasteiger partial charge in [0.15, 0.2) is 0 Å². The number of pyridine rings is 1. The van der Waals surface area contributed by atoms with Gasteiger partial charge in [0.2, 0.25) is 5.91 Å². The molecule has 1 aromatic heterocycles. The van der Waals surface area contributed by atoms with Crippen molar-refractivity contribution in [1.29, 1.82) is 0 Å².